The molecular formula is C27H31NO2. The first-order valence-electron chi connectivity index (χ1n) is 10.4. The van der Waals surface area contributed by atoms with Crippen molar-refractivity contribution < 1.29 is 9.53 Å². The first-order valence-corrected chi connectivity index (χ1v) is 10.4. The normalized spacial score (nSPS) is 12.3. The van der Waals surface area contributed by atoms with E-state index in [-0.39, 0.29) is 11.3 Å². The lowest BCUT2D eigenvalue weighted by Gasteiger charge is -2.26. The molecule has 0 aliphatic heterocycles. The summed E-state index contributed by atoms with van der Waals surface area (Å²) in [6.07, 6.45) is -0.599. The number of amides is 1. The number of ether oxygens (including phenoxy) is 1. The predicted octanol–water partition coefficient (Wildman–Crippen LogP) is 6.34. The highest BCUT2D eigenvalue weighted by Crippen LogP contribution is 2.32. The fourth-order valence-electron chi connectivity index (χ4n) is 3.83. The lowest BCUT2D eigenvalue weighted by Crippen LogP contribution is -2.30. The minimum atomic E-state index is -0.599. The summed E-state index contributed by atoms with van der Waals surface area (Å²) < 4.78 is 5.91. The highest BCUT2D eigenvalue weighted by atomic mass is 16.5. The van der Waals surface area contributed by atoms with E-state index in [9.17, 15) is 4.79 Å². The average Bonchev–Trinajstić information content (AvgIpc) is 2.71. The van der Waals surface area contributed by atoms with Gasteiger partial charge in [-0.15, -0.1) is 0 Å². The van der Waals surface area contributed by atoms with E-state index in [4.69, 9.17) is 4.74 Å². The van der Waals surface area contributed by atoms with Crippen LogP contribution < -0.4 is 10.1 Å². The van der Waals surface area contributed by atoms with Crippen molar-refractivity contribution in [1.82, 2.24) is 0 Å². The molecule has 156 valence electrons. The second-order valence-corrected chi connectivity index (χ2v) is 8.54. The summed E-state index contributed by atoms with van der Waals surface area (Å²) in [4.78, 5) is 12.7. The van der Waals surface area contributed by atoms with Crippen LogP contribution in [0, 0.1) is 20.8 Å². The van der Waals surface area contributed by atoms with Crippen LogP contribution in [0.1, 0.15) is 48.6 Å². The van der Waals surface area contributed by atoms with Gasteiger partial charge in [-0.1, -0.05) is 74.0 Å². The molecule has 3 heteroatoms. The summed E-state index contributed by atoms with van der Waals surface area (Å²) >= 11 is 0. The lowest BCUT2D eigenvalue weighted by atomic mass is 9.78. The van der Waals surface area contributed by atoms with Crippen LogP contribution in [-0.4, -0.2) is 12.0 Å². The number of nitrogens with one attached hydrogen (secondary N) is 1. The van der Waals surface area contributed by atoms with Gasteiger partial charge in [0.2, 0.25) is 0 Å². The summed E-state index contributed by atoms with van der Waals surface area (Å²) in [5.41, 5.74) is 6.51. The molecule has 0 radical (unpaired) electrons. The minimum absolute atomic E-state index is 0.108. The largest absolute Gasteiger partial charge is 0.481 e. The van der Waals surface area contributed by atoms with Gasteiger partial charge in [-0.25, -0.2) is 0 Å². The van der Waals surface area contributed by atoms with Crippen molar-refractivity contribution in [2.24, 2.45) is 0 Å². The molecule has 3 nitrogen and oxygen atoms in total. The van der Waals surface area contributed by atoms with E-state index in [2.05, 4.69) is 74.6 Å². The maximum absolute atomic E-state index is 12.7. The van der Waals surface area contributed by atoms with Gasteiger partial charge >= 0.3 is 0 Å². The Labute approximate surface area is 180 Å². The lowest BCUT2D eigenvalue weighted by molar-refractivity contribution is -0.122. The highest BCUT2D eigenvalue weighted by Gasteiger charge is 2.23. The number of benzene rings is 3. The van der Waals surface area contributed by atoms with Gasteiger partial charge in [-0.3, -0.25) is 4.79 Å². The van der Waals surface area contributed by atoms with Crippen molar-refractivity contribution in [3.05, 3.63) is 94.5 Å². The smallest absolute Gasteiger partial charge is 0.265 e. The van der Waals surface area contributed by atoms with Gasteiger partial charge in [-0.05, 0) is 62.1 Å². The Morgan fingerprint density at radius 3 is 1.97 bits per heavy atom. The summed E-state index contributed by atoms with van der Waals surface area (Å²) in [6, 6.07) is 22.6. The fourth-order valence-corrected chi connectivity index (χ4v) is 3.83. The fraction of sp³-hybridized carbons (Fsp3) is 0.296. The molecule has 30 heavy (non-hydrogen) atoms. The summed E-state index contributed by atoms with van der Waals surface area (Å²) in [5, 5.41) is 3.02. The summed E-state index contributed by atoms with van der Waals surface area (Å²) in [7, 11) is 0. The monoisotopic (exact) mass is 401 g/mol. The van der Waals surface area contributed by atoms with E-state index in [1.54, 1.807) is 6.92 Å². The van der Waals surface area contributed by atoms with Crippen LogP contribution in [-0.2, 0) is 10.2 Å². The van der Waals surface area contributed by atoms with E-state index in [1.165, 1.54) is 16.7 Å². The standard InChI is InChI=1S/C27H31NO2/c1-18-16-19(2)25(20(3)17-18)28-26(29)21(4)30-24-14-12-23(13-15-24)27(5,6)22-10-8-7-9-11-22/h7-17,21H,1-6H3,(H,28,29). The summed E-state index contributed by atoms with van der Waals surface area (Å²) in [5.74, 6) is 0.529. The van der Waals surface area contributed by atoms with Crippen LogP contribution in [0.4, 0.5) is 5.69 Å². The molecular weight excluding hydrogens is 370 g/mol. The van der Waals surface area contributed by atoms with Crippen LogP contribution in [0.2, 0.25) is 0 Å². The van der Waals surface area contributed by atoms with Crippen molar-refractivity contribution in [2.45, 2.75) is 53.1 Å². The van der Waals surface area contributed by atoms with Gasteiger partial charge in [0, 0.05) is 11.1 Å². The molecule has 0 aliphatic carbocycles. The molecule has 0 aliphatic rings. The van der Waals surface area contributed by atoms with Gasteiger partial charge in [0.05, 0.1) is 0 Å². The van der Waals surface area contributed by atoms with Crippen molar-refractivity contribution in [3.63, 3.8) is 0 Å². The van der Waals surface area contributed by atoms with Crippen molar-refractivity contribution in [1.29, 1.82) is 0 Å². The van der Waals surface area contributed by atoms with E-state index in [0.29, 0.717) is 5.75 Å². The zero-order valence-electron chi connectivity index (χ0n) is 18.7. The second kappa shape index (κ2) is 8.74. The number of aryl methyl sites for hydroxylation is 3. The molecule has 1 unspecified atom stereocenters. The van der Waals surface area contributed by atoms with Crippen molar-refractivity contribution in [3.8, 4) is 5.75 Å². The van der Waals surface area contributed by atoms with Crippen LogP contribution in [0.5, 0.6) is 5.75 Å². The van der Waals surface area contributed by atoms with E-state index < -0.39 is 6.10 Å². The van der Waals surface area contributed by atoms with Crippen molar-refractivity contribution in [2.75, 3.05) is 5.32 Å². The number of anilines is 1. The Hall–Kier alpha value is -3.07. The molecule has 3 rings (SSSR count). The van der Waals surface area contributed by atoms with E-state index in [1.807, 2.05) is 32.0 Å². The highest BCUT2D eigenvalue weighted by molar-refractivity contribution is 5.95. The Bertz CT molecular complexity index is 997. The zero-order chi connectivity index (χ0) is 21.9. The average molecular weight is 402 g/mol. The summed E-state index contributed by atoms with van der Waals surface area (Å²) in [6.45, 7) is 12.3. The Morgan fingerprint density at radius 1 is 0.867 bits per heavy atom. The third kappa shape index (κ3) is 4.73. The van der Waals surface area contributed by atoms with E-state index in [0.717, 1.165) is 16.8 Å². The van der Waals surface area contributed by atoms with E-state index >= 15 is 0 Å². The topological polar surface area (TPSA) is 38.3 Å². The second-order valence-electron chi connectivity index (χ2n) is 8.54. The molecule has 1 amide bonds. The van der Waals surface area contributed by atoms with Gasteiger partial charge in [0.15, 0.2) is 6.10 Å². The molecule has 0 aromatic heterocycles. The van der Waals surface area contributed by atoms with Gasteiger partial charge in [0.1, 0.15) is 5.75 Å². The third-order valence-corrected chi connectivity index (χ3v) is 5.68. The van der Waals surface area contributed by atoms with Crippen LogP contribution in [0.25, 0.3) is 0 Å². The maximum Gasteiger partial charge on any atom is 0.265 e. The number of hydrogen-bond donors (Lipinski definition) is 1. The quantitative estimate of drug-likeness (QED) is 0.523. The third-order valence-electron chi connectivity index (χ3n) is 5.68. The maximum atomic E-state index is 12.7. The molecule has 3 aromatic carbocycles. The molecule has 0 saturated heterocycles. The van der Waals surface area contributed by atoms with Gasteiger partial charge < -0.3 is 10.1 Å². The van der Waals surface area contributed by atoms with Crippen LogP contribution in [0.15, 0.2) is 66.7 Å². The number of rotatable bonds is 6. The molecule has 0 bridgehead atoms. The Kier molecular flexibility index (Phi) is 6.31. The first-order chi connectivity index (χ1) is 14.2. The molecule has 1 N–H and O–H groups in total. The molecule has 0 fully saturated rings. The minimum Gasteiger partial charge on any atom is -0.481 e. The number of carbonyl (C=O) groups is 1. The molecule has 1 atom stereocenters. The molecule has 0 spiro atoms. The zero-order valence-corrected chi connectivity index (χ0v) is 18.7. The van der Waals surface area contributed by atoms with Gasteiger partial charge in [0.25, 0.3) is 5.91 Å². The Balaban J connectivity index is 1.69. The van der Waals surface area contributed by atoms with Crippen molar-refractivity contribution >= 4 is 11.6 Å². The van der Waals surface area contributed by atoms with Gasteiger partial charge in [-0.2, -0.15) is 0 Å². The molecule has 0 saturated carbocycles. The number of hydrogen-bond acceptors (Lipinski definition) is 2. The van der Waals surface area contributed by atoms with Crippen LogP contribution in [0.3, 0.4) is 0 Å². The predicted molar refractivity (Wildman–Crippen MR) is 124 cm³/mol. The Morgan fingerprint density at radius 2 is 1.40 bits per heavy atom. The van der Waals surface area contributed by atoms with Crippen LogP contribution >= 0.6 is 0 Å². The molecule has 0 heterocycles. The first kappa shape index (κ1) is 21.6. The SMILES string of the molecule is Cc1cc(C)c(NC(=O)C(C)Oc2ccc(C(C)(C)c3ccccc3)cc2)c(C)c1. The molecule has 3 aromatic rings. The number of carbonyl (C=O) groups excluding carboxylic acids is 1.